The molecule has 0 unspecified atom stereocenters. The maximum atomic E-state index is 5.62. The molecule has 0 N–H and O–H groups in total. The molecule has 0 radical (unpaired) electrons. The first-order chi connectivity index (χ1) is 11.3. The lowest BCUT2D eigenvalue weighted by molar-refractivity contribution is 0.173. The fourth-order valence-electron chi connectivity index (χ4n) is 3.77. The molecule has 2 aliphatic rings. The molecule has 0 spiro atoms. The highest BCUT2D eigenvalue weighted by Gasteiger charge is 2.29. The number of benzene rings is 2. The Morgan fingerprint density at radius 2 is 1.87 bits per heavy atom. The molecule has 1 atom stereocenters. The van der Waals surface area contributed by atoms with Crippen molar-refractivity contribution in [3.8, 4) is 11.5 Å². The first kappa shape index (κ1) is 14.6. The summed E-state index contributed by atoms with van der Waals surface area (Å²) < 4.78 is 11.2. The van der Waals surface area contributed by atoms with Crippen molar-refractivity contribution >= 4 is 0 Å². The third-order valence-corrected chi connectivity index (χ3v) is 4.89. The molecule has 0 aromatic heterocycles. The number of hydrogen-bond acceptors (Lipinski definition) is 3. The molecule has 2 aromatic carbocycles. The Balaban J connectivity index is 1.71. The summed E-state index contributed by atoms with van der Waals surface area (Å²) in [4.78, 5) is 2.62. The summed E-state index contributed by atoms with van der Waals surface area (Å²) in [5, 5.41) is 0. The molecule has 4 rings (SSSR count). The van der Waals surface area contributed by atoms with Crippen molar-refractivity contribution in [1.29, 1.82) is 0 Å². The van der Waals surface area contributed by atoms with Crippen LogP contribution in [-0.4, -0.2) is 24.8 Å². The van der Waals surface area contributed by atoms with Crippen molar-refractivity contribution in [3.05, 3.63) is 59.2 Å². The van der Waals surface area contributed by atoms with E-state index in [9.17, 15) is 0 Å². The smallest absolute Gasteiger partial charge is 0.231 e. The van der Waals surface area contributed by atoms with Crippen molar-refractivity contribution in [2.24, 2.45) is 0 Å². The number of nitrogens with zero attached hydrogens (tertiary/aromatic N) is 1. The van der Waals surface area contributed by atoms with E-state index in [1.165, 1.54) is 23.1 Å². The minimum atomic E-state index is 0.347. The van der Waals surface area contributed by atoms with E-state index in [4.69, 9.17) is 9.47 Å². The lowest BCUT2D eigenvalue weighted by Crippen LogP contribution is -2.37. The Hall–Kier alpha value is -2.00. The predicted octanol–water partition coefficient (Wildman–Crippen LogP) is 3.97. The maximum Gasteiger partial charge on any atom is 0.231 e. The summed E-state index contributed by atoms with van der Waals surface area (Å²) in [6, 6.07) is 15.6. The van der Waals surface area contributed by atoms with E-state index >= 15 is 0 Å². The molecule has 120 valence electrons. The lowest BCUT2D eigenvalue weighted by atomic mass is 9.88. The molecule has 3 heteroatoms. The van der Waals surface area contributed by atoms with Crippen LogP contribution in [0.3, 0.4) is 0 Å². The highest BCUT2D eigenvalue weighted by molar-refractivity contribution is 5.51. The predicted molar refractivity (Wildman–Crippen MR) is 91.0 cm³/mol. The summed E-state index contributed by atoms with van der Waals surface area (Å²) in [7, 11) is 0. The van der Waals surface area contributed by atoms with Gasteiger partial charge in [-0.25, -0.2) is 0 Å². The molecule has 0 saturated heterocycles. The molecule has 3 nitrogen and oxygen atoms in total. The van der Waals surface area contributed by atoms with Gasteiger partial charge in [0.1, 0.15) is 0 Å². The zero-order valence-corrected chi connectivity index (χ0v) is 13.6. The topological polar surface area (TPSA) is 21.7 Å². The summed E-state index contributed by atoms with van der Waals surface area (Å²) >= 11 is 0. The van der Waals surface area contributed by atoms with E-state index in [1.54, 1.807) is 0 Å². The third kappa shape index (κ3) is 2.81. The molecule has 23 heavy (non-hydrogen) atoms. The van der Waals surface area contributed by atoms with E-state index < -0.39 is 0 Å². The monoisotopic (exact) mass is 309 g/mol. The van der Waals surface area contributed by atoms with E-state index in [0.29, 0.717) is 12.8 Å². The van der Waals surface area contributed by atoms with Crippen molar-refractivity contribution in [2.45, 2.75) is 32.2 Å². The van der Waals surface area contributed by atoms with E-state index in [2.05, 4.69) is 54.3 Å². The molecule has 0 bridgehead atoms. The standard InChI is InChI=1S/C20H23NO2/c1-2-9-21-10-8-16-12-19-20(23-14-22-19)13-17(16)18(21)11-15-6-4-3-5-7-15/h3-7,12-13,18H,2,8-11,14H2,1H3/t18-/m1/s1. The molecular formula is C20H23NO2. The van der Waals surface area contributed by atoms with Crippen molar-refractivity contribution in [1.82, 2.24) is 4.90 Å². The van der Waals surface area contributed by atoms with Crippen LogP contribution in [0.2, 0.25) is 0 Å². The summed E-state index contributed by atoms with van der Waals surface area (Å²) in [5.74, 6) is 1.81. The molecular weight excluding hydrogens is 286 g/mol. The van der Waals surface area contributed by atoms with Gasteiger partial charge in [-0.15, -0.1) is 0 Å². The van der Waals surface area contributed by atoms with Gasteiger partial charge in [-0.3, -0.25) is 4.90 Å². The quantitative estimate of drug-likeness (QED) is 0.853. The average molecular weight is 309 g/mol. The van der Waals surface area contributed by atoms with Crippen LogP contribution in [0, 0.1) is 0 Å². The fraction of sp³-hybridized carbons (Fsp3) is 0.400. The van der Waals surface area contributed by atoms with Crippen LogP contribution in [0.5, 0.6) is 11.5 Å². The number of rotatable bonds is 4. The summed E-state index contributed by atoms with van der Waals surface area (Å²) in [6.07, 6.45) is 3.33. The Morgan fingerprint density at radius 3 is 2.65 bits per heavy atom. The van der Waals surface area contributed by atoms with Gasteiger partial charge in [-0.2, -0.15) is 0 Å². The van der Waals surface area contributed by atoms with Gasteiger partial charge in [-0.05, 0) is 54.6 Å². The van der Waals surface area contributed by atoms with Crippen LogP contribution in [-0.2, 0) is 12.8 Å². The summed E-state index contributed by atoms with van der Waals surface area (Å²) in [5.41, 5.74) is 4.23. The van der Waals surface area contributed by atoms with Gasteiger partial charge in [0.05, 0.1) is 0 Å². The normalized spacial score (nSPS) is 19.6. The number of ether oxygens (including phenoxy) is 2. The second kappa shape index (κ2) is 6.25. The highest BCUT2D eigenvalue weighted by Crippen LogP contribution is 2.41. The zero-order valence-electron chi connectivity index (χ0n) is 13.6. The SMILES string of the molecule is CCCN1CCc2cc3c(cc2[C@H]1Cc1ccccc1)OCO3. The Kier molecular flexibility index (Phi) is 3.96. The Morgan fingerprint density at radius 1 is 1.09 bits per heavy atom. The maximum absolute atomic E-state index is 5.62. The van der Waals surface area contributed by atoms with Crippen LogP contribution >= 0.6 is 0 Å². The zero-order chi connectivity index (χ0) is 15.6. The molecule has 0 amide bonds. The van der Waals surface area contributed by atoms with Gasteiger partial charge in [-0.1, -0.05) is 37.3 Å². The molecule has 2 heterocycles. The molecule has 2 aliphatic heterocycles. The van der Waals surface area contributed by atoms with Gasteiger partial charge in [0.15, 0.2) is 11.5 Å². The van der Waals surface area contributed by atoms with Crippen molar-refractivity contribution < 1.29 is 9.47 Å². The highest BCUT2D eigenvalue weighted by atomic mass is 16.7. The van der Waals surface area contributed by atoms with Crippen LogP contribution in [0.1, 0.15) is 36.1 Å². The van der Waals surface area contributed by atoms with E-state index in [-0.39, 0.29) is 0 Å². The van der Waals surface area contributed by atoms with Gasteiger partial charge in [0.25, 0.3) is 0 Å². The Bertz CT molecular complexity index is 684. The van der Waals surface area contributed by atoms with E-state index in [0.717, 1.165) is 37.4 Å². The van der Waals surface area contributed by atoms with Crippen LogP contribution in [0.25, 0.3) is 0 Å². The first-order valence-corrected chi connectivity index (χ1v) is 8.55. The molecule has 0 aliphatic carbocycles. The molecule has 2 aromatic rings. The number of fused-ring (bicyclic) bond motifs is 2. The average Bonchev–Trinajstić information content (AvgIpc) is 3.04. The lowest BCUT2D eigenvalue weighted by Gasteiger charge is -2.37. The molecule has 0 fully saturated rings. The second-order valence-electron chi connectivity index (χ2n) is 6.40. The van der Waals surface area contributed by atoms with Crippen LogP contribution in [0.15, 0.2) is 42.5 Å². The van der Waals surface area contributed by atoms with Gasteiger partial charge in [0.2, 0.25) is 6.79 Å². The van der Waals surface area contributed by atoms with Crippen LogP contribution in [0.4, 0.5) is 0 Å². The van der Waals surface area contributed by atoms with E-state index in [1.807, 2.05) is 0 Å². The van der Waals surface area contributed by atoms with Gasteiger partial charge < -0.3 is 9.47 Å². The largest absolute Gasteiger partial charge is 0.454 e. The Labute approximate surface area is 137 Å². The minimum Gasteiger partial charge on any atom is -0.454 e. The van der Waals surface area contributed by atoms with Crippen LogP contribution < -0.4 is 9.47 Å². The van der Waals surface area contributed by atoms with Crippen molar-refractivity contribution in [3.63, 3.8) is 0 Å². The minimum absolute atomic E-state index is 0.347. The van der Waals surface area contributed by atoms with Gasteiger partial charge >= 0.3 is 0 Å². The third-order valence-electron chi connectivity index (χ3n) is 4.89. The van der Waals surface area contributed by atoms with Crippen molar-refractivity contribution in [2.75, 3.05) is 19.9 Å². The fourth-order valence-corrected chi connectivity index (χ4v) is 3.77. The molecule has 0 saturated carbocycles. The number of hydrogen-bond donors (Lipinski definition) is 0. The second-order valence-corrected chi connectivity index (χ2v) is 6.40. The van der Waals surface area contributed by atoms with Gasteiger partial charge in [0, 0.05) is 12.6 Å². The summed E-state index contributed by atoms with van der Waals surface area (Å²) in [6.45, 7) is 4.87. The first-order valence-electron chi connectivity index (χ1n) is 8.55.